The van der Waals surface area contributed by atoms with E-state index >= 15 is 0 Å². The standard InChI is InChI=1S/C26H38N2O2/c1-15-7-3-5-9-17(15)24(27)21-12-11-19-20(26(21)30)13-14-22(29)23(19)25(28)18-10-6-4-8-16(18)2/h11-18,24-25,29-30H,3-10,27-28H2,1-2H3. The Morgan fingerprint density at radius 3 is 1.87 bits per heavy atom. The van der Waals surface area contributed by atoms with E-state index in [1.807, 2.05) is 12.1 Å². The van der Waals surface area contributed by atoms with Gasteiger partial charge in [0.05, 0.1) is 0 Å². The van der Waals surface area contributed by atoms with Crippen LogP contribution in [-0.4, -0.2) is 10.2 Å². The highest BCUT2D eigenvalue weighted by atomic mass is 16.3. The number of hydrogen-bond acceptors (Lipinski definition) is 4. The molecule has 2 aromatic carbocycles. The van der Waals surface area contributed by atoms with Crippen LogP contribution < -0.4 is 11.5 Å². The van der Waals surface area contributed by atoms with E-state index in [0.717, 1.165) is 34.7 Å². The zero-order chi connectivity index (χ0) is 21.4. The van der Waals surface area contributed by atoms with E-state index in [2.05, 4.69) is 13.8 Å². The molecule has 6 N–H and O–H groups in total. The van der Waals surface area contributed by atoms with Crippen LogP contribution in [0, 0.1) is 23.7 Å². The van der Waals surface area contributed by atoms with Gasteiger partial charge >= 0.3 is 0 Å². The van der Waals surface area contributed by atoms with Crippen molar-refractivity contribution in [2.45, 2.75) is 77.3 Å². The molecule has 2 fully saturated rings. The summed E-state index contributed by atoms with van der Waals surface area (Å²) < 4.78 is 0. The summed E-state index contributed by atoms with van der Waals surface area (Å²) in [4.78, 5) is 0. The number of hydrogen-bond donors (Lipinski definition) is 4. The average Bonchev–Trinajstić information content (AvgIpc) is 2.74. The SMILES string of the molecule is CC1CCCCC1C(N)c1ccc2c(C(N)C3CCCCC3C)c(O)ccc2c1O. The van der Waals surface area contributed by atoms with Gasteiger partial charge in [0.15, 0.2) is 0 Å². The first-order valence-corrected chi connectivity index (χ1v) is 11.9. The molecule has 6 atom stereocenters. The predicted molar refractivity (Wildman–Crippen MR) is 123 cm³/mol. The number of phenolic OH excluding ortho intramolecular Hbond substituents is 2. The molecule has 6 unspecified atom stereocenters. The quantitative estimate of drug-likeness (QED) is 0.504. The third-order valence-electron chi connectivity index (χ3n) is 8.19. The van der Waals surface area contributed by atoms with E-state index in [0.29, 0.717) is 23.7 Å². The molecule has 0 saturated heterocycles. The summed E-state index contributed by atoms with van der Waals surface area (Å²) in [6.07, 6.45) is 9.54. The fourth-order valence-corrected chi connectivity index (χ4v) is 6.24. The summed E-state index contributed by atoms with van der Waals surface area (Å²) in [5.41, 5.74) is 15.0. The monoisotopic (exact) mass is 410 g/mol. The van der Waals surface area contributed by atoms with E-state index in [1.54, 1.807) is 12.1 Å². The van der Waals surface area contributed by atoms with Crippen molar-refractivity contribution in [3.05, 3.63) is 35.4 Å². The first-order chi connectivity index (χ1) is 14.4. The highest BCUT2D eigenvalue weighted by Crippen LogP contribution is 2.46. The van der Waals surface area contributed by atoms with E-state index in [4.69, 9.17) is 11.5 Å². The summed E-state index contributed by atoms with van der Waals surface area (Å²) in [6.45, 7) is 4.55. The van der Waals surface area contributed by atoms with E-state index in [9.17, 15) is 10.2 Å². The average molecular weight is 411 g/mol. The number of aromatic hydroxyl groups is 2. The van der Waals surface area contributed by atoms with Crippen molar-refractivity contribution in [3.8, 4) is 11.5 Å². The summed E-state index contributed by atoms with van der Waals surface area (Å²) >= 11 is 0. The van der Waals surface area contributed by atoms with Crippen LogP contribution in [0.3, 0.4) is 0 Å². The summed E-state index contributed by atoms with van der Waals surface area (Å²) in [7, 11) is 0. The zero-order valence-electron chi connectivity index (χ0n) is 18.5. The molecule has 0 aromatic heterocycles. The van der Waals surface area contributed by atoms with Crippen molar-refractivity contribution in [2.24, 2.45) is 35.1 Å². The highest BCUT2D eigenvalue weighted by Gasteiger charge is 2.32. The molecular formula is C26H38N2O2. The normalized spacial score (nSPS) is 29.6. The molecule has 4 nitrogen and oxygen atoms in total. The highest BCUT2D eigenvalue weighted by molar-refractivity contribution is 5.94. The van der Waals surface area contributed by atoms with Crippen molar-refractivity contribution in [1.82, 2.24) is 0 Å². The van der Waals surface area contributed by atoms with Gasteiger partial charge in [0.25, 0.3) is 0 Å². The summed E-state index contributed by atoms with van der Waals surface area (Å²) in [5, 5.41) is 23.5. The lowest BCUT2D eigenvalue weighted by Crippen LogP contribution is -2.30. The van der Waals surface area contributed by atoms with E-state index < -0.39 is 0 Å². The second kappa shape index (κ2) is 8.76. The molecule has 164 valence electrons. The van der Waals surface area contributed by atoms with Crippen LogP contribution in [0.15, 0.2) is 24.3 Å². The van der Waals surface area contributed by atoms with Gasteiger partial charge in [-0.1, -0.05) is 64.5 Å². The van der Waals surface area contributed by atoms with E-state index in [-0.39, 0.29) is 23.6 Å². The molecule has 4 rings (SSSR count). The van der Waals surface area contributed by atoms with Gasteiger partial charge in [0.2, 0.25) is 0 Å². The van der Waals surface area contributed by atoms with Gasteiger partial charge in [-0.2, -0.15) is 0 Å². The maximum absolute atomic E-state index is 11.2. The molecule has 2 saturated carbocycles. The molecular weight excluding hydrogens is 372 g/mol. The molecule has 2 aliphatic rings. The fourth-order valence-electron chi connectivity index (χ4n) is 6.24. The van der Waals surface area contributed by atoms with Crippen LogP contribution in [0.2, 0.25) is 0 Å². The predicted octanol–water partition coefficient (Wildman–Crippen LogP) is 5.90. The van der Waals surface area contributed by atoms with Gasteiger partial charge in [-0.25, -0.2) is 0 Å². The van der Waals surface area contributed by atoms with Crippen LogP contribution in [0.4, 0.5) is 0 Å². The lowest BCUT2D eigenvalue weighted by atomic mass is 9.73. The Hall–Kier alpha value is -1.78. The maximum atomic E-state index is 11.2. The second-order valence-electron chi connectivity index (χ2n) is 10.00. The van der Waals surface area contributed by atoms with Gasteiger partial charge in [-0.05, 0) is 54.0 Å². The van der Waals surface area contributed by atoms with Crippen molar-refractivity contribution in [2.75, 3.05) is 0 Å². The summed E-state index contributed by atoms with van der Waals surface area (Å²) in [5.74, 6) is 2.33. The largest absolute Gasteiger partial charge is 0.508 e. The molecule has 30 heavy (non-hydrogen) atoms. The van der Waals surface area contributed by atoms with Gasteiger partial charge in [0.1, 0.15) is 11.5 Å². The van der Waals surface area contributed by atoms with Crippen molar-refractivity contribution >= 4 is 10.8 Å². The lowest BCUT2D eigenvalue weighted by Gasteiger charge is -2.35. The topological polar surface area (TPSA) is 92.5 Å². The van der Waals surface area contributed by atoms with Crippen molar-refractivity contribution in [1.29, 1.82) is 0 Å². The third kappa shape index (κ3) is 3.80. The Balaban J connectivity index is 1.73. The summed E-state index contributed by atoms with van der Waals surface area (Å²) in [6, 6.07) is 7.06. The van der Waals surface area contributed by atoms with Crippen LogP contribution in [-0.2, 0) is 0 Å². The second-order valence-corrected chi connectivity index (χ2v) is 10.00. The molecule has 0 amide bonds. The van der Waals surface area contributed by atoms with Crippen LogP contribution in [0.1, 0.15) is 88.4 Å². The molecule has 0 heterocycles. The van der Waals surface area contributed by atoms with Crippen LogP contribution in [0.25, 0.3) is 10.8 Å². The molecule has 4 heteroatoms. The lowest BCUT2D eigenvalue weighted by molar-refractivity contribution is 0.216. The minimum absolute atomic E-state index is 0.172. The number of phenols is 2. The Bertz CT molecular complexity index is 896. The maximum Gasteiger partial charge on any atom is 0.128 e. The number of fused-ring (bicyclic) bond motifs is 1. The fraction of sp³-hybridized carbons (Fsp3) is 0.615. The molecule has 0 bridgehead atoms. The number of rotatable bonds is 4. The minimum atomic E-state index is -0.235. The van der Waals surface area contributed by atoms with Crippen LogP contribution in [0.5, 0.6) is 11.5 Å². The molecule has 2 aromatic rings. The van der Waals surface area contributed by atoms with Gasteiger partial charge in [-0.15, -0.1) is 0 Å². The van der Waals surface area contributed by atoms with Crippen LogP contribution >= 0.6 is 0 Å². The van der Waals surface area contributed by atoms with Gasteiger partial charge in [0, 0.05) is 28.6 Å². The zero-order valence-corrected chi connectivity index (χ0v) is 18.5. The molecule has 0 radical (unpaired) electrons. The van der Waals surface area contributed by atoms with Crippen molar-refractivity contribution < 1.29 is 10.2 Å². The third-order valence-corrected chi connectivity index (χ3v) is 8.19. The molecule has 2 aliphatic carbocycles. The Morgan fingerprint density at radius 2 is 1.27 bits per heavy atom. The van der Waals surface area contributed by atoms with Crippen molar-refractivity contribution in [3.63, 3.8) is 0 Å². The Morgan fingerprint density at radius 1 is 0.733 bits per heavy atom. The van der Waals surface area contributed by atoms with Gasteiger partial charge < -0.3 is 21.7 Å². The first-order valence-electron chi connectivity index (χ1n) is 11.9. The molecule has 0 spiro atoms. The number of nitrogens with two attached hydrogens (primary N) is 2. The van der Waals surface area contributed by atoms with E-state index in [1.165, 1.54) is 38.5 Å². The first kappa shape index (κ1) is 21.5. The molecule has 0 aliphatic heterocycles. The smallest absolute Gasteiger partial charge is 0.128 e. The van der Waals surface area contributed by atoms with Gasteiger partial charge in [-0.3, -0.25) is 0 Å². The Kier molecular flexibility index (Phi) is 6.26. The Labute approximate surface area is 180 Å². The number of benzene rings is 2. The minimum Gasteiger partial charge on any atom is -0.508 e.